The number of halogens is 2. The van der Waals surface area contributed by atoms with E-state index >= 15 is 0 Å². The van der Waals surface area contributed by atoms with Crippen molar-refractivity contribution in [1.82, 2.24) is 24.6 Å². The van der Waals surface area contributed by atoms with Gasteiger partial charge in [-0.05, 0) is 51.6 Å². The van der Waals surface area contributed by atoms with Gasteiger partial charge in [0.2, 0.25) is 0 Å². The fourth-order valence-corrected chi connectivity index (χ4v) is 2.44. The van der Waals surface area contributed by atoms with Gasteiger partial charge in [0.25, 0.3) is 0 Å². The second-order valence-electron chi connectivity index (χ2n) is 6.74. The van der Waals surface area contributed by atoms with Crippen LogP contribution in [0.15, 0.2) is 0 Å². The van der Waals surface area contributed by atoms with E-state index in [1.165, 1.54) is 90.4 Å². The Hall–Kier alpha value is -1.56. The molecule has 0 unspecified atom stereocenters. The van der Waals surface area contributed by atoms with Crippen molar-refractivity contribution in [2.24, 2.45) is 11.5 Å². The van der Waals surface area contributed by atoms with Gasteiger partial charge in [0.15, 0.2) is 0 Å². The number of rotatable bonds is 17. The third-order valence-electron chi connectivity index (χ3n) is 3.79. The number of unbranched alkanes of at least 4 members (excludes halogenated alkanes) is 7. The zero-order valence-corrected chi connectivity index (χ0v) is 30.6. The number of nitrogens with two attached hydrogens (primary N) is 4. The largest absolute Gasteiger partial charge is 1.00 e. The minimum atomic E-state index is -1.75. The first-order chi connectivity index (χ1) is 16.8. The van der Waals surface area contributed by atoms with Gasteiger partial charge in [-0.25, -0.2) is 0 Å². The maximum atomic E-state index is 8.25. The molecular formula is C16H52Cl2N12O12Pt2-4. The SMILES string of the molecule is N.N.N.N.NCCCCCC[NH2+]CCCC[NH2+]CCCCCCN.O=[N+]([O-])[O-].O=[N+]([O-])[O-].O=[N+]([O-])[O-].O=[N+]([O-])[O-].[Cl-].[Cl-].[Pt].[Pt]. The molecule has 0 saturated heterocycles. The number of quaternary nitrogens is 2. The Morgan fingerprint density at radius 3 is 0.682 bits per heavy atom. The smallest absolute Gasteiger partial charge is 0.0757 e. The van der Waals surface area contributed by atoms with Crippen molar-refractivity contribution in [3.63, 3.8) is 0 Å². The third-order valence-corrected chi connectivity index (χ3v) is 3.79. The Labute approximate surface area is 297 Å². The van der Waals surface area contributed by atoms with Gasteiger partial charge in [-0.3, -0.25) is 0 Å². The molecule has 0 bridgehead atoms. The summed E-state index contributed by atoms with van der Waals surface area (Å²) in [5.41, 5.74) is 10.9. The number of hydrogen-bond acceptors (Lipinski definition) is 18. The van der Waals surface area contributed by atoms with Crippen LogP contribution in [0.5, 0.6) is 0 Å². The first kappa shape index (κ1) is 84.1. The van der Waals surface area contributed by atoms with Crippen molar-refractivity contribution < 1.29 is 97.9 Å². The molecule has 0 saturated carbocycles. The molecule has 0 heterocycles. The van der Waals surface area contributed by atoms with Gasteiger partial charge in [0, 0.05) is 55.0 Å². The van der Waals surface area contributed by atoms with Crippen LogP contribution in [0.1, 0.15) is 64.2 Å². The molecular weight excluding hydrogens is 1010 g/mol. The van der Waals surface area contributed by atoms with Gasteiger partial charge in [-0.15, -0.1) is 0 Å². The minimum absolute atomic E-state index is 0. The van der Waals surface area contributed by atoms with Crippen LogP contribution in [0, 0.1) is 61.3 Å². The van der Waals surface area contributed by atoms with Gasteiger partial charge in [-0.2, -0.15) is 0 Å². The fourth-order valence-electron chi connectivity index (χ4n) is 2.44. The van der Waals surface area contributed by atoms with Crippen LogP contribution in [0.25, 0.3) is 0 Å². The molecule has 0 aliphatic heterocycles. The first-order valence-corrected chi connectivity index (χ1v) is 11.1. The van der Waals surface area contributed by atoms with E-state index in [9.17, 15) is 0 Å². The molecule has 24 nitrogen and oxygen atoms in total. The van der Waals surface area contributed by atoms with Gasteiger partial charge in [0.05, 0.1) is 46.5 Å². The third kappa shape index (κ3) is 264. The molecule has 0 aromatic carbocycles. The molecule has 0 aromatic rings. The molecule has 20 N–H and O–H groups in total. The van der Waals surface area contributed by atoms with Crippen molar-refractivity contribution in [2.75, 3.05) is 39.3 Å². The van der Waals surface area contributed by atoms with Crippen molar-refractivity contribution in [3.05, 3.63) is 61.3 Å². The summed E-state index contributed by atoms with van der Waals surface area (Å²) in [5.74, 6) is 0. The minimum Gasteiger partial charge on any atom is -1.00 e. The van der Waals surface area contributed by atoms with E-state index in [1.54, 1.807) is 0 Å². The van der Waals surface area contributed by atoms with Crippen LogP contribution >= 0.6 is 0 Å². The summed E-state index contributed by atoms with van der Waals surface area (Å²) < 4.78 is 0. The number of nitrogens with zero attached hydrogens (tertiary/aromatic N) is 4. The second kappa shape index (κ2) is 83.8. The first-order valence-electron chi connectivity index (χ1n) is 11.1. The normalized spacial score (nSPS) is 7.23. The molecule has 0 fully saturated rings. The molecule has 0 aliphatic rings. The van der Waals surface area contributed by atoms with Gasteiger partial charge >= 0.3 is 0 Å². The van der Waals surface area contributed by atoms with E-state index in [-0.39, 0.29) is 91.5 Å². The van der Waals surface area contributed by atoms with E-state index < -0.39 is 20.3 Å². The van der Waals surface area contributed by atoms with Gasteiger partial charge in [0.1, 0.15) is 0 Å². The summed E-state index contributed by atoms with van der Waals surface area (Å²) in [6, 6.07) is 0. The van der Waals surface area contributed by atoms with E-state index in [0.717, 1.165) is 13.1 Å². The fraction of sp³-hybridized carbons (Fsp3) is 1.00. The van der Waals surface area contributed by atoms with Crippen LogP contribution in [0.3, 0.4) is 0 Å². The molecule has 0 radical (unpaired) electrons. The Morgan fingerprint density at radius 2 is 0.523 bits per heavy atom. The Morgan fingerprint density at radius 1 is 0.386 bits per heavy atom. The molecule has 0 atom stereocenters. The molecule has 0 spiro atoms. The summed E-state index contributed by atoms with van der Waals surface area (Å²) in [5, 5.41) is 64.0. The van der Waals surface area contributed by atoms with E-state index in [1.807, 2.05) is 0 Å². The van der Waals surface area contributed by atoms with E-state index in [2.05, 4.69) is 10.6 Å². The monoisotopic (exact) mass is 1060 g/mol. The van der Waals surface area contributed by atoms with Crippen molar-refractivity contribution in [1.29, 1.82) is 0 Å². The quantitative estimate of drug-likeness (QED) is 0.0381. The summed E-state index contributed by atoms with van der Waals surface area (Å²) in [7, 11) is 0. The topological polar surface area (TPSA) is 490 Å². The second-order valence-corrected chi connectivity index (χ2v) is 6.74. The van der Waals surface area contributed by atoms with Crippen LogP contribution in [-0.4, -0.2) is 59.6 Å². The van der Waals surface area contributed by atoms with Gasteiger partial charge in [-0.1, -0.05) is 12.8 Å². The molecule has 28 heteroatoms. The maximum Gasteiger partial charge on any atom is 0.0757 e. The average Bonchev–Trinajstić information content (AvgIpc) is 2.72. The van der Waals surface area contributed by atoms with Crippen molar-refractivity contribution >= 4 is 0 Å². The standard InChI is InChI=1S/C16H38N4.2ClH.4NO3.4H3N.2Pt/c17-11-5-1-3-7-13-19-15-9-10-16-20-14-8-4-2-6-12-18;;;4*2-1(3)4;;;;;;/h19-20H,1-18H2;2*1H;;;;;4*1H3;;/q;;;4*-1;;;;;;. The average molecular weight is 1070 g/mol. The molecule has 286 valence electrons. The predicted molar refractivity (Wildman–Crippen MR) is 149 cm³/mol. The Bertz CT molecular complexity index is 441. The summed E-state index contributed by atoms with van der Waals surface area (Å²) >= 11 is 0. The summed E-state index contributed by atoms with van der Waals surface area (Å²) in [4.78, 5) is 33.0. The molecule has 44 heavy (non-hydrogen) atoms. The van der Waals surface area contributed by atoms with E-state index in [0.29, 0.717) is 0 Å². The summed E-state index contributed by atoms with van der Waals surface area (Å²) in [6.45, 7) is 6.92. The van der Waals surface area contributed by atoms with Gasteiger partial charge < -0.3 is 133 Å². The van der Waals surface area contributed by atoms with Crippen LogP contribution in [-0.2, 0) is 42.1 Å². The number of hydrogen-bond donors (Lipinski definition) is 8. The zero-order valence-electron chi connectivity index (χ0n) is 24.5. The van der Waals surface area contributed by atoms with Crippen molar-refractivity contribution in [3.8, 4) is 0 Å². The summed E-state index contributed by atoms with van der Waals surface area (Å²) in [6.07, 6.45) is 13.2. The molecule has 0 amide bonds. The predicted octanol–water partition coefficient (Wildman–Crippen LogP) is -6.37. The Kier molecular flexibility index (Phi) is 160. The van der Waals surface area contributed by atoms with Crippen LogP contribution < -0.4 is 71.5 Å². The Balaban J connectivity index is -0.0000000308. The van der Waals surface area contributed by atoms with E-state index in [4.69, 9.17) is 72.8 Å². The zero-order chi connectivity index (χ0) is 29.0. The molecule has 0 rings (SSSR count). The van der Waals surface area contributed by atoms with Crippen LogP contribution in [0.2, 0.25) is 0 Å². The van der Waals surface area contributed by atoms with Crippen molar-refractivity contribution in [2.45, 2.75) is 64.2 Å². The maximum absolute atomic E-state index is 8.25. The molecule has 0 aromatic heterocycles. The molecule has 0 aliphatic carbocycles. The van der Waals surface area contributed by atoms with Crippen LogP contribution in [0.4, 0.5) is 0 Å².